The molecule has 0 unspecified atom stereocenters. The number of aliphatic hydroxyl groups is 3. The third-order valence-corrected chi connectivity index (χ3v) is 3.26. The summed E-state index contributed by atoms with van der Waals surface area (Å²) in [6, 6.07) is 2.81. The maximum Gasteiger partial charge on any atom is 0.252 e. The van der Waals surface area contributed by atoms with Crippen molar-refractivity contribution in [3.8, 4) is 11.5 Å². The van der Waals surface area contributed by atoms with Gasteiger partial charge in [0, 0.05) is 5.56 Å². The van der Waals surface area contributed by atoms with E-state index in [1.54, 1.807) is 0 Å². The summed E-state index contributed by atoms with van der Waals surface area (Å²) >= 11 is 5.96. The smallest absolute Gasteiger partial charge is 0.252 e. The second-order valence-electron chi connectivity index (χ2n) is 4.40. The number of amides is 1. The summed E-state index contributed by atoms with van der Waals surface area (Å²) < 4.78 is 10.3. The number of rotatable bonds is 5. The number of hydrogen-bond donors (Lipinski definition) is 4. The molecule has 2 rings (SSSR count). The zero-order valence-electron chi connectivity index (χ0n) is 10.4. The normalized spacial score (nSPS) is 13.4. The maximum absolute atomic E-state index is 12.1. The Morgan fingerprint density at radius 3 is 2.50 bits per heavy atom. The van der Waals surface area contributed by atoms with Gasteiger partial charge < -0.3 is 30.1 Å². The fourth-order valence-electron chi connectivity index (χ4n) is 1.68. The first-order valence-corrected chi connectivity index (χ1v) is 6.17. The minimum Gasteiger partial charge on any atom is -0.454 e. The fourth-order valence-corrected chi connectivity index (χ4v) is 1.95. The molecule has 0 radical (unpaired) electrons. The molecule has 20 heavy (non-hydrogen) atoms. The topological polar surface area (TPSA) is 108 Å². The standard InChI is InChI=1S/C12H14ClNO6/c13-8-1-7(2-9-10(8)20-6-19-9)11(18)14-12(3-15,4-16)5-17/h1-2,15-17H,3-6H2,(H,14,18). The lowest BCUT2D eigenvalue weighted by Gasteiger charge is -2.28. The summed E-state index contributed by atoms with van der Waals surface area (Å²) in [4.78, 5) is 12.1. The van der Waals surface area contributed by atoms with E-state index >= 15 is 0 Å². The van der Waals surface area contributed by atoms with Crippen LogP contribution in [0.4, 0.5) is 0 Å². The highest BCUT2D eigenvalue weighted by atomic mass is 35.5. The number of aliphatic hydroxyl groups excluding tert-OH is 3. The molecule has 0 spiro atoms. The largest absolute Gasteiger partial charge is 0.454 e. The van der Waals surface area contributed by atoms with Crippen molar-refractivity contribution in [1.82, 2.24) is 5.32 Å². The molecule has 8 heteroatoms. The van der Waals surface area contributed by atoms with Crippen LogP contribution in [0.2, 0.25) is 5.02 Å². The zero-order valence-corrected chi connectivity index (χ0v) is 11.2. The van der Waals surface area contributed by atoms with E-state index < -0.39 is 31.3 Å². The van der Waals surface area contributed by atoms with Crippen molar-refractivity contribution in [3.63, 3.8) is 0 Å². The first kappa shape index (κ1) is 14.9. The summed E-state index contributed by atoms with van der Waals surface area (Å²) in [7, 11) is 0. The van der Waals surface area contributed by atoms with Crippen LogP contribution in [0, 0.1) is 0 Å². The van der Waals surface area contributed by atoms with Crippen molar-refractivity contribution in [3.05, 3.63) is 22.7 Å². The Hall–Kier alpha value is -1.54. The average Bonchev–Trinajstić information content (AvgIpc) is 2.93. The number of hydrogen-bond acceptors (Lipinski definition) is 6. The van der Waals surface area contributed by atoms with Crippen molar-refractivity contribution in [2.24, 2.45) is 0 Å². The SMILES string of the molecule is O=C(NC(CO)(CO)CO)c1cc(Cl)c2c(c1)OCO2. The van der Waals surface area contributed by atoms with Gasteiger partial charge in [0.15, 0.2) is 11.5 Å². The molecule has 7 nitrogen and oxygen atoms in total. The number of ether oxygens (including phenoxy) is 2. The van der Waals surface area contributed by atoms with Crippen LogP contribution in [0.25, 0.3) is 0 Å². The van der Waals surface area contributed by atoms with Gasteiger partial charge in [0.2, 0.25) is 6.79 Å². The van der Waals surface area contributed by atoms with Gasteiger partial charge in [0.25, 0.3) is 5.91 Å². The molecule has 0 fully saturated rings. The van der Waals surface area contributed by atoms with Gasteiger partial charge in [-0.05, 0) is 12.1 Å². The van der Waals surface area contributed by atoms with Crippen LogP contribution in [0.15, 0.2) is 12.1 Å². The average molecular weight is 304 g/mol. The number of fused-ring (bicyclic) bond motifs is 1. The molecular weight excluding hydrogens is 290 g/mol. The van der Waals surface area contributed by atoms with Crippen LogP contribution in [0.3, 0.4) is 0 Å². The lowest BCUT2D eigenvalue weighted by molar-refractivity contribution is 0.0375. The van der Waals surface area contributed by atoms with E-state index in [0.29, 0.717) is 11.5 Å². The molecule has 1 heterocycles. The predicted molar refractivity (Wildman–Crippen MR) is 69.0 cm³/mol. The van der Waals surface area contributed by atoms with E-state index in [2.05, 4.69) is 5.32 Å². The van der Waals surface area contributed by atoms with Crippen molar-refractivity contribution >= 4 is 17.5 Å². The molecular formula is C12H14ClNO6. The van der Waals surface area contributed by atoms with E-state index in [9.17, 15) is 20.1 Å². The Balaban J connectivity index is 2.24. The minimum absolute atomic E-state index is 0.0218. The molecule has 0 saturated heterocycles. The summed E-state index contributed by atoms with van der Waals surface area (Å²) in [5.74, 6) is 0.0912. The molecule has 0 bridgehead atoms. The number of halogens is 1. The van der Waals surface area contributed by atoms with E-state index in [1.165, 1.54) is 12.1 Å². The molecule has 1 aromatic rings. The Morgan fingerprint density at radius 2 is 1.90 bits per heavy atom. The minimum atomic E-state index is -1.50. The van der Waals surface area contributed by atoms with Gasteiger partial charge in [0.05, 0.1) is 24.8 Å². The second-order valence-corrected chi connectivity index (χ2v) is 4.81. The van der Waals surface area contributed by atoms with Gasteiger partial charge >= 0.3 is 0 Å². The van der Waals surface area contributed by atoms with Crippen LogP contribution >= 0.6 is 11.6 Å². The van der Waals surface area contributed by atoms with E-state index in [1.807, 2.05) is 0 Å². The lowest BCUT2D eigenvalue weighted by Crippen LogP contribution is -2.57. The molecule has 0 aliphatic carbocycles. The monoisotopic (exact) mass is 303 g/mol. The number of carbonyl (C=O) groups excluding carboxylic acids is 1. The fraction of sp³-hybridized carbons (Fsp3) is 0.417. The molecule has 1 aliphatic heterocycles. The van der Waals surface area contributed by atoms with Gasteiger partial charge in [-0.1, -0.05) is 11.6 Å². The van der Waals surface area contributed by atoms with Crippen molar-refractivity contribution < 1.29 is 29.6 Å². The van der Waals surface area contributed by atoms with Gasteiger partial charge in [-0.25, -0.2) is 0 Å². The van der Waals surface area contributed by atoms with Gasteiger partial charge in [0.1, 0.15) is 5.54 Å². The Kier molecular flexibility index (Phi) is 4.34. The van der Waals surface area contributed by atoms with Gasteiger partial charge in [-0.3, -0.25) is 4.79 Å². The highest BCUT2D eigenvalue weighted by Gasteiger charge is 2.31. The van der Waals surface area contributed by atoms with Gasteiger partial charge in [-0.15, -0.1) is 0 Å². The highest BCUT2D eigenvalue weighted by molar-refractivity contribution is 6.32. The molecule has 1 aliphatic rings. The second kappa shape index (κ2) is 5.84. The van der Waals surface area contributed by atoms with E-state index in [-0.39, 0.29) is 17.4 Å². The van der Waals surface area contributed by atoms with E-state index in [4.69, 9.17) is 21.1 Å². The Morgan fingerprint density at radius 1 is 1.25 bits per heavy atom. The molecule has 0 aromatic heterocycles. The maximum atomic E-state index is 12.1. The van der Waals surface area contributed by atoms with Gasteiger partial charge in [-0.2, -0.15) is 0 Å². The summed E-state index contributed by atoms with van der Waals surface area (Å²) in [5, 5.41) is 30.1. The molecule has 0 saturated carbocycles. The first-order chi connectivity index (χ1) is 9.55. The molecule has 1 aromatic carbocycles. The predicted octanol–water partition coefficient (Wildman–Crippen LogP) is -0.486. The van der Waals surface area contributed by atoms with Crippen molar-refractivity contribution in [2.75, 3.05) is 26.6 Å². The third-order valence-electron chi connectivity index (χ3n) is 2.98. The molecule has 0 atom stereocenters. The van der Waals surface area contributed by atoms with Crippen LogP contribution in [0.5, 0.6) is 11.5 Å². The Bertz CT molecular complexity index is 509. The van der Waals surface area contributed by atoms with Crippen LogP contribution in [0.1, 0.15) is 10.4 Å². The van der Waals surface area contributed by atoms with Crippen LogP contribution in [-0.2, 0) is 0 Å². The first-order valence-electron chi connectivity index (χ1n) is 5.79. The number of carbonyl (C=O) groups is 1. The third kappa shape index (κ3) is 2.66. The summed E-state index contributed by atoms with van der Waals surface area (Å²) in [5.41, 5.74) is -1.33. The van der Waals surface area contributed by atoms with Crippen molar-refractivity contribution in [2.45, 2.75) is 5.54 Å². The highest BCUT2D eigenvalue weighted by Crippen LogP contribution is 2.39. The quantitative estimate of drug-likeness (QED) is 0.585. The van der Waals surface area contributed by atoms with Crippen LogP contribution < -0.4 is 14.8 Å². The Labute approximate surface area is 119 Å². The molecule has 110 valence electrons. The number of benzene rings is 1. The van der Waals surface area contributed by atoms with Crippen LogP contribution in [-0.4, -0.2) is 53.4 Å². The zero-order chi connectivity index (χ0) is 14.8. The summed E-state index contributed by atoms with van der Waals surface area (Å²) in [6.07, 6.45) is 0. The molecule has 4 N–H and O–H groups in total. The summed E-state index contributed by atoms with van der Waals surface area (Å²) in [6.45, 7) is -1.80. The lowest BCUT2D eigenvalue weighted by atomic mass is 10.0. The van der Waals surface area contributed by atoms with E-state index in [0.717, 1.165) is 0 Å². The number of nitrogens with one attached hydrogen (secondary N) is 1. The molecule has 1 amide bonds. The van der Waals surface area contributed by atoms with Crippen molar-refractivity contribution in [1.29, 1.82) is 0 Å².